The second-order valence-electron chi connectivity index (χ2n) is 5.08. The lowest BCUT2D eigenvalue weighted by Crippen LogP contribution is -2.29. The minimum atomic E-state index is 0.223. The molecule has 1 heteroatoms. The van der Waals surface area contributed by atoms with Crippen LogP contribution in [0, 0.1) is 12.3 Å². The molecule has 1 aliphatic carbocycles. The van der Waals surface area contributed by atoms with E-state index in [1.54, 1.807) is 0 Å². The second kappa shape index (κ2) is 2.83. The Bertz CT molecular complexity index is 337. The standard InChI is InChI=1S/C13H19N/c1-10-5-7-11(8-6-10)13(14-4)9-12(13,2)3/h5-8,14H,9H2,1-4H3. The fourth-order valence-electron chi connectivity index (χ4n) is 2.52. The summed E-state index contributed by atoms with van der Waals surface area (Å²) in [7, 11) is 2.06. The Labute approximate surface area is 86.5 Å². The van der Waals surface area contributed by atoms with Gasteiger partial charge in [0.05, 0.1) is 0 Å². The number of rotatable bonds is 2. The van der Waals surface area contributed by atoms with Gasteiger partial charge in [0.2, 0.25) is 0 Å². The van der Waals surface area contributed by atoms with Crippen molar-refractivity contribution in [1.29, 1.82) is 0 Å². The second-order valence-corrected chi connectivity index (χ2v) is 5.08. The Balaban J connectivity index is 2.36. The van der Waals surface area contributed by atoms with E-state index in [-0.39, 0.29) is 5.54 Å². The van der Waals surface area contributed by atoms with E-state index in [9.17, 15) is 0 Å². The molecule has 14 heavy (non-hydrogen) atoms. The molecular formula is C13H19N. The summed E-state index contributed by atoms with van der Waals surface area (Å²) in [5.41, 5.74) is 3.38. The molecule has 1 nitrogen and oxygen atoms in total. The lowest BCUT2D eigenvalue weighted by Gasteiger charge is -2.20. The number of hydrogen-bond donors (Lipinski definition) is 1. The molecule has 76 valence electrons. The maximum absolute atomic E-state index is 3.48. The van der Waals surface area contributed by atoms with Crippen molar-refractivity contribution >= 4 is 0 Å². The van der Waals surface area contributed by atoms with Crippen molar-refractivity contribution < 1.29 is 0 Å². The third kappa shape index (κ3) is 1.19. The van der Waals surface area contributed by atoms with Crippen LogP contribution < -0.4 is 5.32 Å². The third-order valence-corrected chi connectivity index (χ3v) is 3.71. The van der Waals surface area contributed by atoms with Gasteiger partial charge in [-0.05, 0) is 31.4 Å². The lowest BCUT2D eigenvalue weighted by atomic mass is 9.95. The summed E-state index contributed by atoms with van der Waals surface area (Å²) >= 11 is 0. The average Bonchev–Trinajstić information content (AvgIpc) is 2.71. The van der Waals surface area contributed by atoms with E-state index in [1.165, 1.54) is 17.5 Å². The predicted octanol–water partition coefficient (Wildman–Crippen LogP) is 2.84. The van der Waals surface area contributed by atoms with Crippen molar-refractivity contribution in [2.75, 3.05) is 7.05 Å². The summed E-state index contributed by atoms with van der Waals surface area (Å²) in [5, 5.41) is 3.48. The fourth-order valence-corrected chi connectivity index (χ4v) is 2.52. The van der Waals surface area contributed by atoms with Crippen LogP contribution in [0.5, 0.6) is 0 Å². The molecular weight excluding hydrogens is 170 g/mol. The fraction of sp³-hybridized carbons (Fsp3) is 0.538. The first kappa shape index (κ1) is 9.72. The van der Waals surface area contributed by atoms with Gasteiger partial charge in [-0.3, -0.25) is 0 Å². The zero-order valence-corrected chi connectivity index (χ0v) is 9.52. The molecule has 1 fully saturated rings. The predicted molar refractivity (Wildman–Crippen MR) is 60.3 cm³/mol. The number of benzene rings is 1. The number of aryl methyl sites for hydroxylation is 1. The first-order valence-corrected chi connectivity index (χ1v) is 5.28. The van der Waals surface area contributed by atoms with Crippen LogP contribution >= 0.6 is 0 Å². The maximum atomic E-state index is 3.48. The van der Waals surface area contributed by atoms with Crippen molar-refractivity contribution in [2.24, 2.45) is 5.41 Å². The molecule has 0 heterocycles. The quantitative estimate of drug-likeness (QED) is 0.754. The number of nitrogens with one attached hydrogen (secondary N) is 1. The van der Waals surface area contributed by atoms with Crippen molar-refractivity contribution in [1.82, 2.24) is 5.32 Å². The number of hydrogen-bond acceptors (Lipinski definition) is 1. The van der Waals surface area contributed by atoms with Gasteiger partial charge in [-0.15, -0.1) is 0 Å². The summed E-state index contributed by atoms with van der Waals surface area (Å²) in [6, 6.07) is 8.90. The molecule has 1 saturated carbocycles. The van der Waals surface area contributed by atoms with Crippen molar-refractivity contribution in [3.8, 4) is 0 Å². The molecule has 0 bridgehead atoms. The smallest absolute Gasteiger partial charge is 0.0490 e. The van der Waals surface area contributed by atoms with Gasteiger partial charge in [-0.25, -0.2) is 0 Å². The zero-order valence-electron chi connectivity index (χ0n) is 9.52. The van der Waals surface area contributed by atoms with Gasteiger partial charge in [0, 0.05) is 5.54 Å². The van der Waals surface area contributed by atoms with Crippen molar-refractivity contribution in [3.05, 3.63) is 35.4 Å². The third-order valence-electron chi connectivity index (χ3n) is 3.71. The molecule has 1 unspecified atom stereocenters. The van der Waals surface area contributed by atoms with Crippen LogP contribution in [0.3, 0.4) is 0 Å². The summed E-state index contributed by atoms with van der Waals surface area (Å²) in [6.07, 6.45) is 1.24. The van der Waals surface area contributed by atoms with Crippen LogP contribution in [0.1, 0.15) is 31.4 Å². The minimum absolute atomic E-state index is 0.223. The van der Waals surface area contributed by atoms with Crippen molar-refractivity contribution in [2.45, 2.75) is 32.7 Å². The minimum Gasteiger partial charge on any atom is -0.310 e. The van der Waals surface area contributed by atoms with E-state index < -0.39 is 0 Å². The molecule has 1 aliphatic rings. The molecule has 0 amide bonds. The molecule has 0 saturated heterocycles. The highest BCUT2D eigenvalue weighted by molar-refractivity contribution is 5.37. The first-order chi connectivity index (χ1) is 6.52. The van der Waals surface area contributed by atoms with E-state index in [4.69, 9.17) is 0 Å². The van der Waals surface area contributed by atoms with Gasteiger partial charge < -0.3 is 5.32 Å². The van der Waals surface area contributed by atoms with Crippen LogP contribution in [0.4, 0.5) is 0 Å². The van der Waals surface area contributed by atoms with Crippen LogP contribution in [0.15, 0.2) is 24.3 Å². The van der Waals surface area contributed by atoms with E-state index in [0.29, 0.717) is 5.41 Å². The highest BCUT2D eigenvalue weighted by Gasteiger charge is 2.61. The molecule has 0 aliphatic heterocycles. The Hall–Kier alpha value is -0.820. The van der Waals surface area contributed by atoms with E-state index >= 15 is 0 Å². The first-order valence-electron chi connectivity index (χ1n) is 5.28. The molecule has 1 atom stereocenters. The van der Waals surface area contributed by atoms with E-state index in [0.717, 1.165) is 0 Å². The Morgan fingerprint density at radius 3 is 2.00 bits per heavy atom. The topological polar surface area (TPSA) is 12.0 Å². The molecule has 0 spiro atoms. The largest absolute Gasteiger partial charge is 0.310 e. The normalized spacial score (nSPS) is 28.9. The van der Waals surface area contributed by atoms with Gasteiger partial charge in [-0.2, -0.15) is 0 Å². The molecule has 0 aromatic heterocycles. The van der Waals surface area contributed by atoms with E-state index in [1.807, 2.05) is 0 Å². The summed E-state index contributed by atoms with van der Waals surface area (Å²) in [5.74, 6) is 0. The summed E-state index contributed by atoms with van der Waals surface area (Å²) < 4.78 is 0. The van der Waals surface area contributed by atoms with E-state index in [2.05, 4.69) is 57.4 Å². The summed E-state index contributed by atoms with van der Waals surface area (Å²) in [4.78, 5) is 0. The molecule has 1 N–H and O–H groups in total. The Morgan fingerprint density at radius 1 is 1.14 bits per heavy atom. The summed E-state index contributed by atoms with van der Waals surface area (Å²) in [6.45, 7) is 6.78. The SMILES string of the molecule is CNC1(c2ccc(C)cc2)CC1(C)C. The average molecular weight is 189 g/mol. The Morgan fingerprint density at radius 2 is 1.64 bits per heavy atom. The van der Waals surface area contributed by atoms with Crippen LogP contribution in [-0.2, 0) is 5.54 Å². The van der Waals surface area contributed by atoms with Crippen LogP contribution in [-0.4, -0.2) is 7.05 Å². The van der Waals surface area contributed by atoms with Gasteiger partial charge in [-0.1, -0.05) is 43.7 Å². The van der Waals surface area contributed by atoms with Crippen LogP contribution in [0.25, 0.3) is 0 Å². The van der Waals surface area contributed by atoms with Gasteiger partial charge in [0.15, 0.2) is 0 Å². The highest BCUT2D eigenvalue weighted by Crippen LogP contribution is 2.61. The molecule has 2 rings (SSSR count). The molecule has 0 radical (unpaired) electrons. The van der Waals surface area contributed by atoms with Gasteiger partial charge >= 0.3 is 0 Å². The highest BCUT2D eigenvalue weighted by atomic mass is 15.0. The lowest BCUT2D eigenvalue weighted by molar-refractivity contribution is 0.441. The monoisotopic (exact) mass is 189 g/mol. The van der Waals surface area contributed by atoms with Gasteiger partial charge in [0.1, 0.15) is 0 Å². The Kier molecular flexibility index (Phi) is 1.97. The molecule has 1 aromatic carbocycles. The maximum Gasteiger partial charge on any atom is 0.0490 e. The molecule has 1 aromatic rings. The zero-order chi connectivity index (χ0) is 10.4. The van der Waals surface area contributed by atoms with Crippen molar-refractivity contribution in [3.63, 3.8) is 0 Å². The van der Waals surface area contributed by atoms with Crippen LogP contribution in [0.2, 0.25) is 0 Å². The van der Waals surface area contributed by atoms with Gasteiger partial charge in [0.25, 0.3) is 0 Å².